The van der Waals surface area contributed by atoms with Crippen molar-refractivity contribution in [3.05, 3.63) is 88.6 Å². The number of anilines is 2. The highest BCUT2D eigenvalue weighted by molar-refractivity contribution is 6.30. The van der Waals surface area contributed by atoms with Gasteiger partial charge in [-0.15, -0.1) is 0 Å². The SMILES string of the molecule is CC(=O)c1cccc(Nc2ccc(C(=O)NCc3ccc(Cl)cc3)cn2)c1. The molecule has 0 radical (unpaired) electrons. The van der Waals surface area contributed by atoms with Crippen molar-refractivity contribution in [1.82, 2.24) is 10.3 Å². The summed E-state index contributed by atoms with van der Waals surface area (Å²) < 4.78 is 0. The molecule has 0 aliphatic rings. The van der Waals surface area contributed by atoms with Gasteiger partial charge in [-0.05, 0) is 48.9 Å². The Hall–Kier alpha value is -3.18. The Kier molecular flexibility index (Phi) is 5.84. The topological polar surface area (TPSA) is 71.1 Å². The van der Waals surface area contributed by atoms with Gasteiger partial charge in [-0.3, -0.25) is 9.59 Å². The summed E-state index contributed by atoms with van der Waals surface area (Å²) in [6.07, 6.45) is 1.51. The quantitative estimate of drug-likeness (QED) is 0.613. The van der Waals surface area contributed by atoms with E-state index < -0.39 is 0 Å². The number of carbonyl (C=O) groups is 2. The third-order valence-corrected chi connectivity index (χ3v) is 4.19. The van der Waals surface area contributed by atoms with Gasteiger partial charge in [0.15, 0.2) is 5.78 Å². The van der Waals surface area contributed by atoms with Gasteiger partial charge in [0.2, 0.25) is 0 Å². The first-order valence-corrected chi connectivity index (χ1v) is 8.76. The van der Waals surface area contributed by atoms with E-state index in [0.717, 1.165) is 11.3 Å². The molecule has 1 aromatic heterocycles. The first kappa shape index (κ1) is 18.6. The number of rotatable bonds is 6. The fourth-order valence-corrected chi connectivity index (χ4v) is 2.58. The predicted molar refractivity (Wildman–Crippen MR) is 107 cm³/mol. The second-order valence-electron chi connectivity index (χ2n) is 6.00. The smallest absolute Gasteiger partial charge is 0.253 e. The molecule has 2 aromatic carbocycles. The van der Waals surface area contributed by atoms with Crippen LogP contribution in [-0.4, -0.2) is 16.7 Å². The van der Waals surface area contributed by atoms with Gasteiger partial charge in [-0.25, -0.2) is 4.98 Å². The number of halogens is 1. The van der Waals surface area contributed by atoms with Crippen molar-refractivity contribution in [2.75, 3.05) is 5.32 Å². The Balaban J connectivity index is 1.61. The van der Waals surface area contributed by atoms with Crippen LogP contribution in [0.4, 0.5) is 11.5 Å². The van der Waals surface area contributed by atoms with Crippen LogP contribution in [0.2, 0.25) is 5.02 Å². The number of nitrogens with one attached hydrogen (secondary N) is 2. The summed E-state index contributed by atoms with van der Waals surface area (Å²) in [6.45, 7) is 1.93. The molecule has 1 amide bonds. The first-order chi connectivity index (χ1) is 13.0. The van der Waals surface area contributed by atoms with Crippen molar-refractivity contribution in [3.63, 3.8) is 0 Å². The number of pyridine rings is 1. The Labute approximate surface area is 162 Å². The highest BCUT2D eigenvalue weighted by Crippen LogP contribution is 2.17. The maximum Gasteiger partial charge on any atom is 0.253 e. The number of hydrogen-bond donors (Lipinski definition) is 2. The molecule has 0 bridgehead atoms. The van der Waals surface area contributed by atoms with Crippen LogP contribution in [0.5, 0.6) is 0 Å². The summed E-state index contributed by atoms with van der Waals surface area (Å²) in [6, 6.07) is 17.9. The lowest BCUT2D eigenvalue weighted by atomic mass is 10.1. The third-order valence-electron chi connectivity index (χ3n) is 3.93. The number of nitrogens with zero attached hydrogens (tertiary/aromatic N) is 1. The largest absolute Gasteiger partial charge is 0.348 e. The van der Waals surface area contributed by atoms with E-state index in [4.69, 9.17) is 11.6 Å². The van der Waals surface area contributed by atoms with Gasteiger partial charge in [0.25, 0.3) is 5.91 Å². The molecule has 2 N–H and O–H groups in total. The van der Waals surface area contributed by atoms with Gasteiger partial charge >= 0.3 is 0 Å². The number of hydrogen-bond acceptors (Lipinski definition) is 4. The summed E-state index contributed by atoms with van der Waals surface area (Å²) >= 11 is 5.85. The number of Topliss-reactive ketones (excluding diaryl/α,β-unsaturated/α-hetero) is 1. The maximum absolute atomic E-state index is 12.2. The highest BCUT2D eigenvalue weighted by Gasteiger charge is 2.07. The lowest BCUT2D eigenvalue weighted by molar-refractivity contribution is 0.0949. The Morgan fingerprint density at radius 1 is 1.00 bits per heavy atom. The third kappa shape index (κ3) is 5.15. The van der Waals surface area contributed by atoms with Gasteiger partial charge in [-0.1, -0.05) is 35.9 Å². The number of benzene rings is 2. The molecule has 0 fully saturated rings. The summed E-state index contributed by atoms with van der Waals surface area (Å²) in [5, 5.41) is 6.62. The molecule has 27 heavy (non-hydrogen) atoms. The van der Waals surface area contributed by atoms with Crippen molar-refractivity contribution in [2.45, 2.75) is 13.5 Å². The Bertz CT molecular complexity index is 954. The van der Waals surface area contributed by atoms with Gasteiger partial charge in [0.1, 0.15) is 5.82 Å². The standard InChI is InChI=1S/C21H18ClN3O2/c1-14(26)16-3-2-4-19(11-16)25-20-10-7-17(13-23-20)21(27)24-12-15-5-8-18(22)9-6-15/h2-11,13H,12H2,1H3,(H,23,25)(H,24,27). The van der Waals surface area contributed by atoms with Crippen molar-refractivity contribution >= 4 is 34.8 Å². The molecule has 5 nitrogen and oxygen atoms in total. The van der Waals surface area contributed by atoms with Gasteiger partial charge in [-0.2, -0.15) is 0 Å². The number of carbonyl (C=O) groups excluding carboxylic acids is 2. The predicted octanol–water partition coefficient (Wildman–Crippen LogP) is 4.61. The number of ketones is 1. The van der Waals surface area contributed by atoms with E-state index in [-0.39, 0.29) is 11.7 Å². The van der Waals surface area contributed by atoms with Crippen LogP contribution in [0.15, 0.2) is 66.9 Å². The molecule has 0 spiro atoms. The molecular weight excluding hydrogens is 362 g/mol. The average Bonchev–Trinajstić information content (AvgIpc) is 2.68. The molecule has 6 heteroatoms. The van der Waals surface area contributed by atoms with E-state index in [9.17, 15) is 9.59 Å². The van der Waals surface area contributed by atoms with E-state index in [1.165, 1.54) is 13.1 Å². The van der Waals surface area contributed by atoms with Crippen molar-refractivity contribution < 1.29 is 9.59 Å². The fourth-order valence-electron chi connectivity index (χ4n) is 2.45. The lowest BCUT2D eigenvalue weighted by Crippen LogP contribution is -2.22. The second kappa shape index (κ2) is 8.47. The average molecular weight is 380 g/mol. The number of aromatic nitrogens is 1. The monoisotopic (exact) mass is 379 g/mol. The van der Waals surface area contributed by atoms with Crippen LogP contribution in [0.3, 0.4) is 0 Å². The molecule has 0 aliphatic carbocycles. The van der Waals surface area contributed by atoms with E-state index in [1.807, 2.05) is 18.2 Å². The number of amides is 1. The van der Waals surface area contributed by atoms with Gasteiger partial charge in [0.05, 0.1) is 5.56 Å². The second-order valence-corrected chi connectivity index (χ2v) is 6.44. The molecule has 0 unspecified atom stereocenters. The van der Waals surface area contributed by atoms with E-state index in [2.05, 4.69) is 15.6 Å². The van der Waals surface area contributed by atoms with Crippen LogP contribution < -0.4 is 10.6 Å². The summed E-state index contributed by atoms with van der Waals surface area (Å²) in [4.78, 5) is 28.0. The summed E-state index contributed by atoms with van der Waals surface area (Å²) in [5.74, 6) is 0.381. The van der Waals surface area contributed by atoms with Crippen LogP contribution >= 0.6 is 11.6 Å². The fraction of sp³-hybridized carbons (Fsp3) is 0.0952. The molecule has 0 saturated heterocycles. The molecule has 1 heterocycles. The lowest BCUT2D eigenvalue weighted by Gasteiger charge is -2.08. The van der Waals surface area contributed by atoms with E-state index in [0.29, 0.717) is 28.5 Å². The molecule has 3 rings (SSSR count). The van der Waals surface area contributed by atoms with Crippen molar-refractivity contribution in [3.8, 4) is 0 Å². The minimum absolute atomic E-state index is 0.000634. The van der Waals surface area contributed by atoms with Gasteiger partial charge in [0, 0.05) is 29.0 Å². The van der Waals surface area contributed by atoms with Crippen molar-refractivity contribution in [1.29, 1.82) is 0 Å². The van der Waals surface area contributed by atoms with E-state index in [1.54, 1.807) is 42.5 Å². The minimum Gasteiger partial charge on any atom is -0.348 e. The molecule has 0 saturated carbocycles. The maximum atomic E-state index is 12.2. The van der Waals surface area contributed by atoms with Crippen molar-refractivity contribution in [2.24, 2.45) is 0 Å². The molecule has 0 aliphatic heterocycles. The Morgan fingerprint density at radius 3 is 2.44 bits per heavy atom. The molecule has 0 atom stereocenters. The Morgan fingerprint density at radius 2 is 1.78 bits per heavy atom. The van der Waals surface area contributed by atoms with Crippen LogP contribution in [0, 0.1) is 0 Å². The zero-order valence-corrected chi connectivity index (χ0v) is 15.5. The first-order valence-electron chi connectivity index (χ1n) is 8.38. The molecule has 136 valence electrons. The minimum atomic E-state index is -0.206. The zero-order valence-electron chi connectivity index (χ0n) is 14.7. The normalized spacial score (nSPS) is 10.3. The molecular formula is C21H18ClN3O2. The van der Waals surface area contributed by atoms with Crippen LogP contribution in [0.1, 0.15) is 33.2 Å². The zero-order chi connectivity index (χ0) is 19.2. The van der Waals surface area contributed by atoms with E-state index >= 15 is 0 Å². The van der Waals surface area contributed by atoms with Crippen LogP contribution in [0.25, 0.3) is 0 Å². The molecule has 3 aromatic rings. The van der Waals surface area contributed by atoms with Crippen LogP contribution in [-0.2, 0) is 6.54 Å². The van der Waals surface area contributed by atoms with Gasteiger partial charge < -0.3 is 10.6 Å². The summed E-state index contributed by atoms with van der Waals surface area (Å²) in [5.41, 5.74) is 2.81. The highest BCUT2D eigenvalue weighted by atomic mass is 35.5. The summed E-state index contributed by atoms with van der Waals surface area (Å²) in [7, 11) is 0.